The van der Waals surface area contributed by atoms with Crippen LogP contribution in [0.4, 0.5) is 30.6 Å². The standard InChI is InChI=1S/C17H18ClF3N4O/c18-12-8-11(26)6-7-13(12)23-15-9-14(17(19,20)21)24-16(25-15)22-10-4-2-1-3-5-10/h6-10,26H,1-5H2,(H2,22,23,24,25). The Bertz CT molecular complexity index is 779. The summed E-state index contributed by atoms with van der Waals surface area (Å²) in [5.74, 6) is -0.138. The van der Waals surface area contributed by atoms with Crippen LogP contribution < -0.4 is 10.6 Å². The molecule has 9 heteroatoms. The van der Waals surface area contributed by atoms with E-state index in [9.17, 15) is 18.3 Å². The molecular weight excluding hydrogens is 369 g/mol. The van der Waals surface area contributed by atoms with Gasteiger partial charge in [-0.15, -0.1) is 0 Å². The number of anilines is 3. The predicted molar refractivity (Wildman–Crippen MR) is 93.9 cm³/mol. The Balaban J connectivity index is 1.89. The molecule has 1 aliphatic rings. The Hall–Kier alpha value is -2.22. The summed E-state index contributed by atoms with van der Waals surface area (Å²) >= 11 is 6.00. The van der Waals surface area contributed by atoms with Crippen LogP contribution >= 0.6 is 11.6 Å². The van der Waals surface area contributed by atoms with Gasteiger partial charge in [0.05, 0.1) is 10.7 Å². The lowest BCUT2D eigenvalue weighted by atomic mass is 9.96. The number of phenolic OH excluding ortho intramolecular Hbond substituents is 1. The molecule has 0 amide bonds. The number of nitrogens with zero attached hydrogens (tertiary/aromatic N) is 2. The average molecular weight is 387 g/mol. The first kappa shape index (κ1) is 18.6. The first-order chi connectivity index (χ1) is 12.3. The van der Waals surface area contributed by atoms with E-state index in [1.807, 2.05) is 0 Å². The summed E-state index contributed by atoms with van der Waals surface area (Å²) < 4.78 is 39.6. The zero-order valence-electron chi connectivity index (χ0n) is 13.8. The molecule has 1 heterocycles. The molecular formula is C17H18ClF3N4O. The molecule has 0 atom stereocenters. The lowest BCUT2D eigenvalue weighted by molar-refractivity contribution is -0.141. The maximum atomic E-state index is 13.2. The summed E-state index contributed by atoms with van der Waals surface area (Å²) in [6, 6.07) is 5.02. The molecule has 140 valence electrons. The van der Waals surface area contributed by atoms with Gasteiger partial charge in [-0.1, -0.05) is 30.9 Å². The molecule has 1 aromatic heterocycles. The van der Waals surface area contributed by atoms with Gasteiger partial charge in [0.15, 0.2) is 5.69 Å². The number of nitrogens with one attached hydrogen (secondary N) is 2. The smallest absolute Gasteiger partial charge is 0.433 e. The van der Waals surface area contributed by atoms with Crippen molar-refractivity contribution in [3.63, 3.8) is 0 Å². The fourth-order valence-corrected chi connectivity index (χ4v) is 3.12. The van der Waals surface area contributed by atoms with Crippen LogP contribution in [0, 0.1) is 0 Å². The molecule has 5 nitrogen and oxygen atoms in total. The second kappa shape index (κ2) is 7.57. The van der Waals surface area contributed by atoms with Gasteiger partial charge in [0, 0.05) is 18.2 Å². The van der Waals surface area contributed by atoms with Gasteiger partial charge in [-0.3, -0.25) is 0 Å². The van der Waals surface area contributed by atoms with Crippen LogP contribution in [-0.4, -0.2) is 21.1 Å². The van der Waals surface area contributed by atoms with Crippen molar-refractivity contribution in [2.24, 2.45) is 0 Å². The van der Waals surface area contributed by atoms with E-state index in [2.05, 4.69) is 20.6 Å². The van der Waals surface area contributed by atoms with Gasteiger partial charge < -0.3 is 15.7 Å². The van der Waals surface area contributed by atoms with Crippen molar-refractivity contribution in [2.45, 2.75) is 44.3 Å². The second-order valence-corrected chi connectivity index (χ2v) is 6.64. The molecule has 3 N–H and O–H groups in total. The van der Waals surface area contributed by atoms with Crippen LogP contribution in [0.3, 0.4) is 0 Å². The number of halogens is 4. The number of benzene rings is 1. The van der Waals surface area contributed by atoms with Crippen LogP contribution in [0.5, 0.6) is 5.75 Å². The van der Waals surface area contributed by atoms with E-state index in [1.165, 1.54) is 18.2 Å². The first-order valence-electron chi connectivity index (χ1n) is 8.29. The molecule has 0 spiro atoms. The van der Waals surface area contributed by atoms with Crippen molar-refractivity contribution >= 4 is 29.1 Å². The van der Waals surface area contributed by atoms with Gasteiger partial charge >= 0.3 is 6.18 Å². The van der Waals surface area contributed by atoms with Gasteiger partial charge in [0.25, 0.3) is 0 Å². The summed E-state index contributed by atoms with van der Waals surface area (Å²) in [7, 11) is 0. The third-order valence-electron chi connectivity index (χ3n) is 4.17. The van der Waals surface area contributed by atoms with Crippen molar-refractivity contribution in [2.75, 3.05) is 10.6 Å². The lowest BCUT2D eigenvalue weighted by Crippen LogP contribution is -2.24. The summed E-state index contributed by atoms with van der Waals surface area (Å²) in [5.41, 5.74) is -0.705. The largest absolute Gasteiger partial charge is 0.508 e. The van der Waals surface area contributed by atoms with Crippen LogP contribution in [0.15, 0.2) is 24.3 Å². The number of hydrogen-bond acceptors (Lipinski definition) is 5. The van der Waals surface area contributed by atoms with E-state index in [4.69, 9.17) is 11.6 Å². The normalized spacial score (nSPS) is 15.7. The first-order valence-corrected chi connectivity index (χ1v) is 8.67. The topological polar surface area (TPSA) is 70.1 Å². The third-order valence-corrected chi connectivity index (χ3v) is 4.48. The number of alkyl halides is 3. The monoisotopic (exact) mass is 386 g/mol. The molecule has 1 fully saturated rings. The van der Waals surface area contributed by atoms with E-state index in [1.54, 1.807) is 0 Å². The van der Waals surface area contributed by atoms with Gasteiger partial charge in [-0.2, -0.15) is 18.2 Å². The number of aromatic nitrogens is 2. The highest BCUT2D eigenvalue weighted by atomic mass is 35.5. The average Bonchev–Trinajstić information content (AvgIpc) is 2.57. The molecule has 0 bridgehead atoms. The Morgan fingerprint density at radius 3 is 2.46 bits per heavy atom. The quantitative estimate of drug-likeness (QED) is 0.618. The van der Waals surface area contributed by atoms with E-state index in [0.29, 0.717) is 5.69 Å². The summed E-state index contributed by atoms with van der Waals surface area (Å²) in [6.45, 7) is 0. The van der Waals surface area contributed by atoms with Gasteiger partial charge in [-0.25, -0.2) is 4.98 Å². The third kappa shape index (κ3) is 4.69. The number of rotatable bonds is 4. The van der Waals surface area contributed by atoms with Gasteiger partial charge in [-0.05, 0) is 25.0 Å². The summed E-state index contributed by atoms with van der Waals surface area (Å²) in [6.07, 6.45) is 0.364. The Kier molecular flexibility index (Phi) is 5.41. The Labute approximate surface area is 153 Å². The Morgan fingerprint density at radius 2 is 1.81 bits per heavy atom. The maximum Gasteiger partial charge on any atom is 0.433 e. The fraction of sp³-hybridized carbons (Fsp3) is 0.412. The van der Waals surface area contributed by atoms with Crippen LogP contribution in [0.1, 0.15) is 37.8 Å². The zero-order valence-corrected chi connectivity index (χ0v) is 14.5. The molecule has 26 heavy (non-hydrogen) atoms. The molecule has 0 saturated heterocycles. The molecule has 0 aliphatic heterocycles. The van der Waals surface area contributed by atoms with E-state index in [-0.39, 0.29) is 28.6 Å². The highest BCUT2D eigenvalue weighted by Crippen LogP contribution is 2.33. The number of hydrogen-bond donors (Lipinski definition) is 3. The molecule has 1 saturated carbocycles. The minimum Gasteiger partial charge on any atom is -0.508 e. The van der Waals surface area contributed by atoms with Crippen molar-refractivity contribution in [1.82, 2.24) is 9.97 Å². The molecule has 1 aromatic carbocycles. The van der Waals surface area contributed by atoms with Gasteiger partial charge in [0.2, 0.25) is 5.95 Å². The van der Waals surface area contributed by atoms with Crippen LogP contribution in [0.25, 0.3) is 0 Å². The SMILES string of the molecule is Oc1ccc(Nc2cc(C(F)(F)F)nc(NC3CCCCC3)n2)c(Cl)c1. The highest BCUT2D eigenvalue weighted by Gasteiger charge is 2.34. The molecule has 1 aliphatic carbocycles. The molecule has 2 aromatic rings. The fourth-order valence-electron chi connectivity index (χ4n) is 2.89. The van der Waals surface area contributed by atoms with E-state index >= 15 is 0 Å². The van der Waals surface area contributed by atoms with Crippen LogP contribution in [-0.2, 0) is 6.18 Å². The summed E-state index contributed by atoms with van der Waals surface area (Å²) in [5, 5.41) is 15.3. The minimum atomic E-state index is -4.60. The van der Waals surface area contributed by atoms with E-state index < -0.39 is 11.9 Å². The van der Waals surface area contributed by atoms with Crippen molar-refractivity contribution in [3.8, 4) is 5.75 Å². The number of aromatic hydroxyl groups is 1. The summed E-state index contributed by atoms with van der Waals surface area (Å²) in [4.78, 5) is 7.76. The zero-order chi connectivity index (χ0) is 18.7. The Morgan fingerprint density at radius 1 is 1.08 bits per heavy atom. The minimum absolute atomic E-state index is 0.0294. The van der Waals surface area contributed by atoms with Crippen molar-refractivity contribution in [3.05, 3.63) is 35.0 Å². The molecule has 0 unspecified atom stereocenters. The van der Waals surface area contributed by atoms with E-state index in [0.717, 1.165) is 38.2 Å². The predicted octanol–water partition coefficient (Wildman–Crippen LogP) is 5.34. The maximum absolute atomic E-state index is 13.2. The van der Waals surface area contributed by atoms with Gasteiger partial charge in [0.1, 0.15) is 11.6 Å². The van der Waals surface area contributed by atoms with Crippen molar-refractivity contribution < 1.29 is 18.3 Å². The highest BCUT2D eigenvalue weighted by molar-refractivity contribution is 6.33. The lowest BCUT2D eigenvalue weighted by Gasteiger charge is -2.23. The molecule has 0 radical (unpaired) electrons. The number of phenols is 1. The second-order valence-electron chi connectivity index (χ2n) is 6.23. The molecule has 3 rings (SSSR count). The van der Waals surface area contributed by atoms with Crippen molar-refractivity contribution in [1.29, 1.82) is 0 Å². The van der Waals surface area contributed by atoms with Crippen LogP contribution in [0.2, 0.25) is 5.02 Å².